The van der Waals surface area contributed by atoms with Crippen LogP contribution in [0.4, 0.5) is 5.82 Å². The fraction of sp³-hybridized carbons (Fsp3) is 0.160. The van der Waals surface area contributed by atoms with Gasteiger partial charge in [-0.25, -0.2) is 4.98 Å². The van der Waals surface area contributed by atoms with Gasteiger partial charge in [-0.3, -0.25) is 0 Å². The lowest BCUT2D eigenvalue weighted by molar-refractivity contribution is 0.758. The molecule has 0 saturated carbocycles. The molecule has 1 aliphatic carbocycles. The van der Waals surface area contributed by atoms with E-state index >= 15 is 0 Å². The van der Waals surface area contributed by atoms with Crippen LogP contribution in [0.25, 0.3) is 10.9 Å². The molecule has 3 N–H and O–H groups in total. The van der Waals surface area contributed by atoms with Crippen molar-refractivity contribution in [2.75, 3.05) is 5.32 Å². The Morgan fingerprint density at radius 1 is 0.857 bits per heavy atom. The first-order chi connectivity index (χ1) is 13.8. The third-order valence-corrected chi connectivity index (χ3v) is 5.71. The van der Waals surface area contributed by atoms with Crippen LogP contribution < -0.4 is 11.1 Å². The van der Waals surface area contributed by atoms with E-state index in [4.69, 9.17) is 10.7 Å². The molecule has 1 unspecified atom stereocenters. The highest BCUT2D eigenvalue weighted by Gasteiger charge is 2.22. The summed E-state index contributed by atoms with van der Waals surface area (Å²) in [5.41, 5.74) is 12.6. The largest absolute Gasteiger partial charge is 0.363 e. The van der Waals surface area contributed by atoms with Crippen molar-refractivity contribution in [2.24, 2.45) is 5.73 Å². The molecule has 3 aromatic carbocycles. The zero-order valence-electron chi connectivity index (χ0n) is 15.7. The zero-order chi connectivity index (χ0) is 18.9. The first-order valence-corrected chi connectivity index (χ1v) is 9.84. The molecular formula is C25H23N3. The molecule has 0 radical (unpaired) electrons. The molecule has 3 nitrogen and oxygen atoms in total. The Morgan fingerprint density at radius 2 is 1.68 bits per heavy atom. The highest BCUT2D eigenvalue weighted by molar-refractivity contribution is 5.84. The number of aryl methyl sites for hydroxylation is 1. The topological polar surface area (TPSA) is 50.9 Å². The molecule has 5 rings (SSSR count). The van der Waals surface area contributed by atoms with E-state index in [0.29, 0.717) is 6.04 Å². The van der Waals surface area contributed by atoms with Gasteiger partial charge in [-0.05, 0) is 53.3 Å². The number of fused-ring (bicyclic) bond motifs is 2. The highest BCUT2D eigenvalue weighted by Crippen LogP contribution is 2.34. The molecule has 0 saturated heterocycles. The Kier molecular flexibility index (Phi) is 4.30. The maximum absolute atomic E-state index is 6.56. The van der Waals surface area contributed by atoms with E-state index < -0.39 is 0 Å². The van der Waals surface area contributed by atoms with Gasteiger partial charge in [0, 0.05) is 5.39 Å². The smallest absolute Gasteiger partial charge is 0.127 e. The summed E-state index contributed by atoms with van der Waals surface area (Å²) in [6.07, 6.45) is 2.23. The first kappa shape index (κ1) is 17.0. The maximum atomic E-state index is 6.56. The van der Waals surface area contributed by atoms with Gasteiger partial charge in [0.1, 0.15) is 5.82 Å². The molecule has 2 atom stereocenters. The van der Waals surface area contributed by atoms with Crippen molar-refractivity contribution in [1.29, 1.82) is 0 Å². The monoisotopic (exact) mass is 365 g/mol. The van der Waals surface area contributed by atoms with E-state index in [1.165, 1.54) is 11.1 Å². The standard InChI is InChI=1S/C25H23N3/c26-25(18-8-2-1-3-9-18)21-11-6-12-22-20(21)14-16-24(27-22)28-23-15-13-17-7-4-5-10-19(17)23/h1-12,14,16,23,25H,13,15,26H2,(H,27,28)/t23-,25?/m1/s1. The number of anilines is 1. The third-order valence-electron chi connectivity index (χ3n) is 5.71. The van der Waals surface area contributed by atoms with E-state index in [9.17, 15) is 0 Å². The van der Waals surface area contributed by atoms with Crippen LogP contribution in [0.1, 0.15) is 40.8 Å². The normalized spacial score (nSPS) is 16.7. The van der Waals surface area contributed by atoms with Gasteiger partial charge in [-0.2, -0.15) is 0 Å². The Morgan fingerprint density at radius 3 is 2.57 bits per heavy atom. The molecule has 138 valence electrons. The second-order valence-electron chi connectivity index (χ2n) is 7.43. The van der Waals surface area contributed by atoms with Crippen LogP contribution in [0.5, 0.6) is 0 Å². The van der Waals surface area contributed by atoms with Crippen LogP contribution in [0.2, 0.25) is 0 Å². The number of aromatic nitrogens is 1. The molecule has 0 amide bonds. The average Bonchev–Trinajstić information content (AvgIpc) is 3.16. The maximum Gasteiger partial charge on any atom is 0.127 e. The lowest BCUT2D eigenvalue weighted by atomic mass is 9.96. The molecule has 0 fully saturated rings. The number of nitrogens with one attached hydrogen (secondary N) is 1. The van der Waals surface area contributed by atoms with Crippen LogP contribution in [-0.2, 0) is 6.42 Å². The molecule has 0 spiro atoms. The van der Waals surface area contributed by atoms with Gasteiger partial charge in [-0.1, -0.05) is 66.7 Å². The summed E-state index contributed by atoms with van der Waals surface area (Å²) in [4.78, 5) is 4.88. The number of hydrogen-bond donors (Lipinski definition) is 2. The fourth-order valence-corrected chi connectivity index (χ4v) is 4.26. The van der Waals surface area contributed by atoms with Crippen molar-refractivity contribution in [3.63, 3.8) is 0 Å². The number of benzene rings is 3. The number of nitrogens with zero attached hydrogens (tertiary/aromatic N) is 1. The van der Waals surface area contributed by atoms with Gasteiger partial charge in [0.05, 0.1) is 17.6 Å². The molecule has 1 heterocycles. The zero-order valence-corrected chi connectivity index (χ0v) is 15.7. The Balaban J connectivity index is 1.46. The Hall–Kier alpha value is -3.17. The number of hydrogen-bond acceptors (Lipinski definition) is 3. The minimum atomic E-state index is -0.160. The van der Waals surface area contributed by atoms with Crippen LogP contribution in [0.3, 0.4) is 0 Å². The summed E-state index contributed by atoms with van der Waals surface area (Å²) in [6, 6.07) is 29.5. The summed E-state index contributed by atoms with van der Waals surface area (Å²) in [6.45, 7) is 0. The van der Waals surface area contributed by atoms with E-state index in [0.717, 1.165) is 40.7 Å². The van der Waals surface area contributed by atoms with Crippen molar-refractivity contribution in [3.05, 3.63) is 107 Å². The molecule has 28 heavy (non-hydrogen) atoms. The summed E-state index contributed by atoms with van der Waals surface area (Å²) in [5, 5.41) is 4.73. The van der Waals surface area contributed by atoms with Crippen LogP contribution in [-0.4, -0.2) is 4.98 Å². The molecule has 0 bridgehead atoms. The molecule has 3 heteroatoms. The highest BCUT2D eigenvalue weighted by atomic mass is 15.0. The van der Waals surface area contributed by atoms with E-state index in [1.807, 2.05) is 24.3 Å². The molecule has 1 aromatic heterocycles. The SMILES string of the molecule is NC(c1ccccc1)c1cccc2nc(N[C@@H]3CCc4ccccc43)ccc12. The predicted molar refractivity (Wildman–Crippen MR) is 115 cm³/mol. The van der Waals surface area contributed by atoms with Crippen LogP contribution in [0.15, 0.2) is 84.9 Å². The van der Waals surface area contributed by atoms with E-state index in [2.05, 4.69) is 66.0 Å². The predicted octanol–water partition coefficient (Wildman–Crippen LogP) is 5.38. The van der Waals surface area contributed by atoms with Crippen LogP contribution >= 0.6 is 0 Å². The van der Waals surface area contributed by atoms with Gasteiger partial charge in [-0.15, -0.1) is 0 Å². The molecule has 4 aromatic rings. The molecule has 1 aliphatic rings. The fourth-order valence-electron chi connectivity index (χ4n) is 4.26. The lowest BCUT2D eigenvalue weighted by Gasteiger charge is -2.17. The quantitative estimate of drug-likeness (QED) is 0.510. The minimum Gasteiger partial charge on any atom is -0.363 e. The van der Waals surface area contributed by atoms with E-state index in [1.54, 1.807) is 0 Å². The second kappa shape index (κ2) is 7.10. The summed E-state index contributed by atoms with van der Waals surface area (Å²) in [7, 11) is 0. The van der Waals surface area contributed by atoms with Crippen LogP contribution in [0, 0.1) is 0 Å². The second-order valence-corrected chi connectivity index (χ2v) is 7.43. The molecular weight excluding hydrogens is 342 g/mol. The van der Waals surface area contributed by atoms with Gasteiger partial charge in [0.25, 0.3) is 0 Å². The van der Waals surface area contributed by atoms with Gasteiger partial charge in [0.2, 0.25) is 0 Å². The number of pyridine rings is 1. The van der Waals surface area contributed by atoms with Gasteiger partial charge < -0.3 is 11.1 Å². The van der Waals surface area contributed by atoms with Crippen molar-refractivity contribution in [2.45, 2.75) is 24.9 Å². The lowest BCUT2D eigenvalue weighted by Crippen LogP contribution is -2.12. The third kappa shape index (κ3) is 3.04. The average molecular weight is 365 g/mol. The summed E-state index contributed by atoms with van der Waals surface area (Å²) < 4.78 is 0. The van der Waals surface area contributed by atoms with Crippen molar-refractivity contribution in [1.82, 2.24) is 4.98 Å². The first-order valence-electron chi connectivity index (χ1n) is 9.84. The van der Waals surface area contributed by atoms with E-state index in [-0.39, 0.29) is 6.04 Å². The summed E-state index contributed by atoms with van der Waals surface area (Å²) in [5.74, 6) is 0.916. The minimum absolute atomic E-state index is 0.160. The van der Waals surface area contributed by atoms with Crippen molar-refractivity contribution < 1.29 is 0 Å². The van der Waals surface area contributed by atoms with Gasteiger partial charge in [0.15, 0.2) is 0 Å². The summed E-state index contributed by atoms with van der Waals surface area (Å²) >= 11 is 0. The Bertz CT molecular complexity index is 1120. The van der Waals surface area contributed by atoms with Crippen molar-refractivity contribution in [3.8, 4) is 0 Å². The van der Waals surface area contributed by atoms with Crippen molar-refractivity contribution >= 4 is 16.7 Å². The Labute approximate surface area is 165 Å². The number of rotatable bonds is 4. The number of nitrogens with two attached hydrogens (primary N) is 1. The molecule has 0 aliphatic heterocycles. The van der Waals surface area contributed by atoms with Gasteiger partial charge >= 0.3 is 0 Å².